The minimum atomic E-state index is -1.82. The first-order valence-electron chi connectivity index (χ1n) is 32.1. The average molecular weight is 1400 g/mol. The number of amides is 12. The Morgan fingerprint density at radius 1 is 0.420 bits per heavy atom. The molecule has 0 aliphatic heterocycles. The largest absolute Gasteiger partial charge is 0.481 e. The zero-order valence-electron chi connectivity index (χ0n) is 55.1. The summed E-state index contributed by atoms with van der Waals surface area (Å²) in [6.07, 6.45) is -0.721. The van der Waals surface area contributed by atoms with Gasteiger partial charge < -0.3 is 117 Å². The summed E-state index contributed by atoms with van der Waals surface area (Å²) in [5.41, 5.74) is 24.7. The minimum Gasteiger partial charge on any atom is -0.481 e. The maximum atomic E-state index is 15.0. The number of primary amides is 1. The van der Waals surface area contributed by atoms with Crippen molar-refractivity contribution in [2.75, 3.05) is 46.1 Å². The molecule has 100 heavy (non-hydrogen) atoms. The Bertz CT molecular complexity index is 3420. The number of H-pyrrole nitrogens is 1. The van der Waals surface area contributed by atoms with Gasteiger partial charge in [-0.25, -0.2) is 0 Å². The van der Waals surface area contributed by atoms with Crippen LogP contribution in [-0.2, 0) is 81.6 Å². The third kappa shape index (κ3) is 27.7. The van der Waals surface area contributed by atoms with Crippen molar-refractivity contribution >= 4 is 93.7 Å². The molecule has 546 valence electrons. The highest BCUT2D eigenvalue weighted by atomic mass is 16.4. The van der Waals surface area contributed by atoms with Gasteiger partial charge in [0.15, 0.2) is 5.96 Å². The number of aromatic nitrogens is 1. The summed E-state index contributed by atoms with van der Waals surface area (Å²) in [7, 11) is 0. The maximum Gasteiger partial charge on any atom is 0.303 e. The summed E-state index contributed by atoms with van der Waals surface area (Å²) in [5.74, 6) is -14.0. The lowest BCUT2D eigenvalue weighted by molar-refractivity contribution is -0.139. The van der Waals surface area contributed by atoms with Crippen molar-refractivity contribution in [2.24, 2.45) is 22.9 Å². The highest BCUT2D eigenvalue weighted by molar-refractivity contribution is 6.00. The Morgan fingerprint density at radius 2 is 0.750 bits per heavy atom. The molecule has 0 spiro atoms. The predicted molar refractivity (Wildman–Crippen MR) is 359 cm³/mol. The van der Waals surface area contributed by atoms with Gasteiger partial charge in [0.05, 0.1) is 26.4 Å². The number of aliphatic hydroxyl groups is 4. The number of fused-ring (bicyclic) bond motifs is 1. The summed E-state index contributed by atoms with van der Waals surface area (Å²) in [4.78, 5) is 180. The van der Waals surface area contributed by atoms with Crippen molar-refractivity contribution in [1.29, 1.82) is 5.41 Å². The number of carbonyl (C=O) groups is 13. The van der Waals surface area contributed by atoms with Crippen molar-refractivity contribution in [3.05, 3.63) is 108 Å². The average Bonchev–Trinajstić information content (AvgIpc) is 1.59. The molecule has 4 aromatic rings. The molecule has 11 atom stereocenters. The quantitative estimate of drug-likeness (QED) is 0.0111. The van der Waals surface area contributed by atoms with E-state index in [0.29, 0.717) is 27.6 Å². The molecule has 1 aromatic heterocycles. The van der Waals surface area contributed by atoms with E-state index >= 15 is 4.79 Å². The van der Waals surface area contributed by atoms with Gasteiger partial charge in [0.25, 0.3) is 0 Å². The van der Waals surface area contributed by atoms with Gasteiger partial charge in [-0.3, -0.25) is 67.7 Å². The second-order valence-electron chi connectivity index (χ2n) is 23.2. The lowest BCUT2D eigenvalue weighted by atomic mass is 10.0. The SMILES string of the molecule is CC(=O)N[C@@H](CO)C(=O)N[C@@H](CO)C(=O)N[C@@H](CCCNC(=N)N)C(=O)N[C@@H](Cc1ccccc1)C(=O)N[C@@H](CCCN)C(=O)N[C@@H](Cc1c[nH]c2ccccc12)C(=O)N[C@@H](CCCN)C(=O)N[C@@H](Cc1ccccc1)C(=O)N[C@@H](CCC(=O)O)C(=O)N[C@@H](CO)C(=O)N[C@@H](CO)C(N)=O. The van der Waals surface area contributed by atoms with E-state index in [0.717, 1.165) is 6.92 Å². The number of nitrogens with two attached hydrogens (primary N) is 4. The van der Waals surface area contributed by atoms with Crippen LogP contribution in [0.2, 0.25) is 0 Å². The van der Waals surface area contributed by atoms with E-state index in [4.69, 9.17) is 28.3 Å². The summed E-state index contributed by atoms with van der Waals surface area (Å²) in [6.45, 7) is -2.84. The molecular weight excluding hydrogens is 1310 g/mol. The van der Waals surface area contributed by atoms with E-state index in [1.54, 1.807) is 91.1 Å². The van der Waals surface area contributed by atoms with E-state index in [9.17, 15) is 83.1 Å². The van der Waals surface area contributed by atoms with Crippen LogP contribution in [0.3, 0.4) is 0 Å². The molecule has 27 N–H and O–H groups in total. The molecule has 0 unspecified atom stereocenters. The fourth-order valence-electron chi connectivity index (χ4n) is 10.1. The fourth-order valence-corrected chi connectivity index (χ4v) is 10.1. The molecule has 1 heterocycles. The number of hydrogen-bond acceptors (Lipinski definition) is 20. The Hall–Kier alpha value is -10.7. The molecule has 4 rings (SSSR count). The highest BCUT2D eigenvalue weighted by Gasteiger charge is 2.37. The van der Waals surface area contributed by atoms with Gasteiger partial charge in [0.1, 0.15) is 66.5 Å². The molecular formula is C64H92N18O18. The highest BCUT2D eigenvalue weighted by Crippen LogP contribution is 2.20. The van der Waals surface area contributed by atoms with Gasteiger partial charge >= 0.3 is 5.97 Å². The number of rotatable bonds is 45. The molecule has 0 aliphatic carbocycles. The molecule has 36 heteroatoms. The molecule has 0 fully saturated rings. The monoisotopic (exact) mass is 1400 g/mol. The first kappa shape index (κ1) is 81.8. The zero-order chi connectivity index (χ0) is 73.8. The smallest absolute Gasteiger partial charge is 0.303 e. The fraction of sp³-hybridized carbons (Fsp3) is 0.469. The number of guanidine groups is 1. The van der Waals surface area contributed by atoms with Gasteiger partial charge in [-0.2, -0.15) is 0 Å². The first-order valence-corrected chi connectivity index (χ1v) is 32.1. The number of nitrogens with one attached hydrogen (secondary N) is 14. The number of carboxylic acid groups (broad SMARTS) is 1. The van der Waals surface area contributed by atoms with E-state index in [-0.39, 0.29) is 77.4 Å². The van der Waals surface area contributed by atoms with Crippen molar-refractivity contribution in [3.63, 3.8) is 0 Å². The second-order valence-corrected chi connectivity index (χ2v) is 23.2. The molecule has 3 aromatic carbocycles. The van der Waals surface area contributed by atoms with Crippen LogP contribution in [0.4, 0.5) is 0 Å². The first-order chi connectivity index (χ1) is 47.7. The molecule has 36 nitrogen and oxygen atoms in total. The Labute approximate surface area is 574 Å². The molecule has 12 amide bonds. The van der Waals surface area contributed by atoms with Gasteiger partial charge in [0.2, 0.25) is 70.9 Å². The Kier molecular flexibility index (Phi) is 35.1. The maximum absolute atomic E-state index is 15.0. The number of para-hydroxylation sites is 1. The summed E-state index contributed by atoms with van der Waals surface area (Å²) in [5, 5.41) is 86.7. The summed E-state index contributed by atoms with van der Waals surface area (Å²) < 4.78 is 0. The summed E-state index contributed by atoms with van der Waals surface area (Å²) >= 11 is 0. The van der Waals surface area contributed by atoms with E-state index in [1.807, 2.05) is 0 Å². The minimum absolute atomic E-state index is 0.00139. The number of hydrogen-bond donors (Lipinski definition) is 23. The molecule has 0 saturated carbocycles. The van der Waals surface area contributed by atoms with E-state index in [2.05, 4.69) is 68.8 Å². The number of aliphatic carboxylic acids is 1. The van der Waals surface area contributed by atoms with Crippen molar-refractivity contribution < 1.29 is 87.9 Å². The third-order valence-electron chi connectivity index (χ3n) is 15.5. The van der Waals surface area contributed by atoms with Crippen molar-refractivity contribution in [3.8, 4) is 0 Å². The van der Waals surface area contributed by atoms with Crippen LogP contribution in [-0.4, -0.2) is 226 Å². The molecule has 0 radical (unpaired) electrons. The van der Waals surface area contributed by atoms with Gasteiger partial charge in [-0.05, 0) is 80.8 Å². The Balaban J connectivity index is 1.71. The van der Waals surface area contributed by atoms with Gasteiger partial charge in [0, 0.05) is 56.3 Å². The normalized spacial score (nSPS) is 14.3. The van der Waals surface area contributed by atoms with Crippen LogP contribution in [0, 0.1) is 5.41 Å². The van der Waals surface area contributed by atoms with Crippen molar-refractivity contribution in [1.82, 2.24) is 68.8 Å². The van der Waals surface area contributed by atoms with Gasteiger partial charge in [-0.15, -0.1) is 0 Å². The van der Waals surface area contributed by atoms with Crippen LogP contribution < -0.4 is 86.7 Å². The standard InChI is InChI=1S/C64H92N18O18/c1-35(87)72-49(32-84)61(98)82-50(33-85)62(99)75-43(21-12-26-70-64(68)69)56(93)78-45(27-36-13-4-2-5-14-36)58(95)73-42(20-11-25-66)55(92)79-47(29-38-30-71-40-18-9-8-17-39(38)40)60(97)74-41(19-10-24-65)54(91)77-46(28-37-15-6-3-7-16-37)59(96)76-44(22-23-52(88)89)57(94)81-51(34-86)63(100)80-48(31-83)53(67)90/h2-9,13-18,30,41-51,71,83-86H,10-12,19-29,31-34,65-66H2,1H3,(H2,67,90)(H,72,87)(H,73,95)(H,74,97)(H,75,99)(H,76,96)(H,77,91)(H,78,93)(H,79,92)(H,80,100)(H,81,94)(H,82,98)(H,88,89)(H4,68,69,70)/t41-,42-,43-,44-,45-,46-,47-,48-,49-,50-,51-/m0/s1. The Morgan fingerprint density at radius 3 is 1.13 bits per heavy atom. The van der Waals surface area contributed by atoms with Crippen LogP contribution in [0.15, 0.2) is 91.1 Å². The molecule has 0 saturated heterocycles. The van der Waals surface area contributed by atoms with Crippen LogP contribution in [0.5, 0.6) is 0 Å². The number of aliphatic hydroxyl groups excluding tert-OH is 4. The lowest BCUT2D eigenvalue weighted by Gasteiger charge is -2.28. The topological polar surface area (TPSA) is 611 Å². The van der Waals surface area contributed by atoms with Crippen LogP contribution in [0.1, 0.15) is 75.0 Å². The second kappa shape index (κ2) is 42.9. The third-order valence-corrected chi connectivity index (χ3v) is 15.5. The molecule has 0 aliphatic rings. The number of carbonyl (C=O) groups excluding carboxylic acids is 12. The summed E-state index contributed by atoms with van der Waals surface area (Å²) in [6, 6.07) is 5.76. The lowest BCUT2D eigenvalue weighted by Crippen LogP contribution is -2.61. The van der Waals surface area contributed by atoms with Crippen LogP contribution in [0.25, 0.3) is 10.9 Å². The van der Waals surface area contributed by atoms with Crippen LogP contribution >= 0.6 is 0 Å². The number of aromatic amines is 1. The number of carboxylic acids is 1. The van der Waals surface area contributed by atoms with Crippen molar-refractivity contribution in [2.45, 2.75) is 144 Å². The van der Waals surface area contributed by atoms with Gasteiger partial charge in [-0.1, -0.05) is 78.9 Å². The molecule has 0 bridgehead atoms. The predicted octanol–water partition coefficient (Wildman–Crippen LogP) is -7.39. The van der Waals surface area contributed by atoms with E-state index in [1.165, 1.54) is 0 Å². The zero-order valence-corrected chi connectivity index (χ0v) is 55.1. The number of benzene rings is 3. The van der Waals surface area contributed by atoms with E-state index < -0.39 is 189 Å².